The number of hydrogen-bond donors (Lipinski definition) is 2. The number of aliphatic carboxylic acids is 1. The van der Waals surface area contributed by atoms with E-state index in [9.17, 15) is 23.6 Å². The Morgan fingerprint density at radius 2 is 2.09 bits per heavy atom. The average molecular weight is 320 g/mol. The van der Waals surface area contributed by atoms with Crippen LogP contribution in [0.5, 0.6) is 0 Å². The predicted octanol–water partition coefficient (Wildman–Crippen LogP) is 0.214. The van der Waals surface area contributed by atoms with Crippen LogP contribution >= 0.6 is 0 Å². The Hall–Kier alpha value is -2.77. The van der Waals surface area contributed by atoms with Crippen LogP contribution in [0, 0.1) is 5.82 Å². The summed E-state index contributed by atoms with van der Waals surface area (Å²) in [7, 11) is 0. The maximum atomic E-state index is 14.4. The van der Waals surface area contributed by atoms with Crippen LogP contribution in [0.25, 0.3) is 0 Å². The number of benzene rings is 1. The Morgan fingerprint density at radius 3 is 2.74 bits per heavy atom. The van der Waals surface area contributed by atoms with Crippen molar-refractivity contribution in [3.63, 3.8) is 0 Å². The van der Waals surface area contributed by atoms with Gasteiger partial charge in [0.15, 0.2) is 0 Å². The highest BCUT2D eigenvalue weighted by molar-refractivity contribution is 6.05. The van der Waals surface area contributed by atoms with Crippen molar-refractivity contribution in [2.45, 2.75) is 31.8 Å². The summed E-state index contributed by atoms with van der Waals surface area (Å²) in [5.74, 6) is -3.36. The number of carboxylic acids is 1. The summed E-state index contributed by atoms with van der Waals surface area (Å²) in [6.45, 7) is -0.111. The van der Waals surface area contributed by atoms with Crippen LogP contribution < -0.4 is 5.32 Å². The third-order valence-electron chi connectivity index (χ3n) is 4.07. The standard InChI is InChI=1S/C15H13FN2O5/c16-13-7(5-12(20)21)1-2-8-9(13)6-18(15(8)23)10-3-4-11(19)17-14(10)22/h1-2,10H,3-6H2,(H,20,21)(H,17,19,22). The number of carbonyl (C=O) groups is 4. The number of carboxylic acid groups (broad SMARTS) is 1. The van der Waals surface area contributed by atoms with Crippen LogP contribution in [0.15, 0.2) is 12.1 Å². The van der Waals surface area contributed by atoms with E-state index in [0.29, 0.717) is 0 Å². The van der Waals surface area contributed by atoms with Gasteiger partial charge in [0.2, 0.25) is 11.8 Å². The summed E-state index contributed by atoms with van der Waals surface area (Å²) in [6.07, 6.45) is -0.178. The predicted molar refractivity (Wildman–Crippen MR) is 73.8 cm³/mol. The fourth-order valence-electron chi connectivity index (χ4n) is 2.95. The van der Waals surface area contributed by atoms with Gasteiger partial charge in [-0.15, -0.1) is 0 Å². The van der Waals surface area contributed by atoms with Crippen molar-refractivity contribution in [2.24, 2.45) is 0 Å². The number of hydrogen-bond acceptors (Lipinski definition) is 4. The van der Waals surface area contributed by atoms with Gasteiger partial charge in [-0.25, -0.2) is 4.39 Å². The molecule has 0 aromatic heterocycles. The highest BCUT2D eigenvalue weighted by Crippen LogP contribution is 2.30. The molecule has 8 heteroatoms. The highest BCUT2D eigenvalue weighted by atomic mass is 19.1. The Kier molecular flexibility index (Phi) is 3.59. The molecule has 1 saturated heterocycles. The van der Waals surface area contributed by atoms with Crippen molar-refractivity contribution in [2.75, 3.05) is 0 Å². The number of nitrogens with zero attached hydrogens (tertiary/aromatic N) is 1. The lowest BCUT2D eigenvalue weighted by Crippen LogP contribution is -2.52. The molecule has 0 saturated carbocycles. The number of rotatable bonds is 3. The second-order valence-corrected chi connectivity index (χ2v) is 5.54. The van der Waals surface area contributed by atoms with Gasteiger partial charge in [0.25, 0.3) is 5.91 Å². The first-order valence-corrected chi connectivity index (χ1v) is 7.05. The molecule has 0 bridgehead atoms. The third kappa shape index (κ3) is 2.56. The molecule has 2 aliphatic heterocycles. The first kappa shape index (κ1) is 15.1. The van der Waals surface area contributed by atoms with Crippen molar-refractivity contribution in [3.8, 4) is 0 Å². The van der Waals surface area contributed by atoms with Crippen LogP contribution in [0.1, 0.15) is 34.3 Å². The van der Waals surface area contributed by atoms with Gasteiger partial charge in [0, 0.05) is 17.5 Å². The lowest BCUT2D eigenvalue weighted by Gasteiger charge is -2.29. The maximum Gasteiger partial charge on any atom is 0.307 e. The molecule has 2 aliphatic rings. The normalized spacial score (nSPS) is 20.5. The van der Waals surface area contributed by atoms with Gasteiger partial charge in [0.1, 0.15) is 11.9 Å². The molecule has 1 aromatic rings. The molecule has 0 spiro atoms. The summed E-state index contributed by atoms with van der Waals surface area (Å²) < 4.78 is 14.4. The minimum Gasteiger partial charge on any atom is -0.481 e. The third-order valence-corrected chi connectivity index (χ3v) is 4.07. The van der Waals surface area contributed by atoms with E-state index in [-0.39, 0.29) is 36.1 Å². The minimum atomic E-state index is -1.17. The fourth-order valence-corrected chi connectivity index (χ4v) is 2.95. The van der Waals surface area contributed by atoms with E-state index in [2.05, 4.69) is 5.32 Å². The van der Waals surface area contributed by atoms with E-state index < -0.39 is 42.0 Å². The topological polar surface area (TPSA) is 104 Å². The van der Waals surface area contributed by atoms with Crippen LogP contribution in [0.2, 0.25) is 0 Å². The van der Waals surface area contributed by atoms with Crippen LogP contribution in [-0.2, 0) is 27.3 Å². The summed E-state index contributed by atoms with van der Waals surface area (Å²) >= 11 is 0. The molecule has 7 nitrogen and oxygen atoms in total. The minimum absolute atomic E-state index is 0.00539. The van der Waals surface area contributed by atoms with Gasteiger partial charge in [-0.1, -0.05) is 6.07 Å². The number of carbonyl (C=O) groups excluding carboxylic acids is 3. The molecule has 3 amide bonds. The number of halogens is 1. The first-order valence-electron chi connectivity index (χ1n) is 7.05. The lowest BCUT2D eigenvalue weighted by atomic mass is 10.0. The zero-order valence-corrected chi connectivity index (χ0v) is 12.0. The summed E-state index contributed by atoms with van der Waals surface area (Å²) in [4.78, 5) is 47.4. The van der Waals surface area contributed by atoms with E-state index in [0.717, 1.165) is 0 Å². The average Bonchev–Trinajstić information content (AvgIpc) is 2.80. The Bertz CT molecular complexity index is 746. The van der Waals surface area contributed by atoms with E-state index in [1.165, 1.54) is 17.0 Å². The van der Waals surface area contributed by atoms with E-state index in [1.807, 2.05) is 0 Å². The number of nitrogens with one attached hydrogen (secondary N) is 1. The van der Waals surface area contributed by atoms with Gasteiger partial charge in [-0.3, -0.25) is 24.5 Å². The summed E-state index contributed by atoms with van der Waals surface area (Å²) in [6, 6.07) is 1.83. The molecule has 23 heavy (non-hydrogen) atoms. The van der Waals surface area contributed by atoms with Crippen molar-refractivity contribution in [3.05, 3.63) is 34.6 Å². The molecular weight excluding hydrogens is 307 g/mol. The van der Waals surface area contributed by atoms with Crippen molar-refractivity contribution >= 4 is 23.7 Å². The largest absolute Gasteiger partial charge is 0.481 e. The second kappa shape index (κ2) is 5.45. The Morgan fingerprint density at radius 1 is 1.35 bits per heavy atom. The smallest absolute Gasteiger partial charge is 0.307 e. The quantitative estimate of drug-likeness (QED) is 0.775. The van der Waals surface area contributed by atoms with E-state index in [1.54, 1.807) is 0 Å². The first-order chi connectivity index (χ1) is 10.9. The van der Waals surface area contributed by atoms with Gasteiger partial charge in [0.05, 0.1) is 13.0 Å². The van der Waals surface area contributed by atoms with Gasteiger partial charge < -0.3 is 10.0 Å². The van der Waals surface area contributed by atoms with Crippen molar-refractivity contribution in [1.29, 1.82) is 0 Å². The summed E-state index contributed by atoms with van der Waals surface area (Å²) in [5, 5.41) is 10.9. The van der Waals surface area contributed by atoms with Gasteiger partial charge >= 0.3 is 5.97 Å². The monoisotopic (exact) mass is 320 g/mol. The molecule has 1 aromatic carbocycles. The van der Waals surface area contributed by atoms with Crippen LogP contribution in [0.3, 0.4) is 0 Å². The number of piperidine rings is 1. The Balaban J connectivity index is 1.90. The highest BCUT2D eigenvalue weighted by Gasteiger charge is 2.40. The number of amides is 3. The number of fused-ring (bicyclic) bond motifs is 1. The molecule has 1 fully saturated rings. The van der Waals surface area contributed by atoms with Crippen molar-refractivity contribution in [1.82, 2.24) is 10.2 Å². The molecule has 120 valence electrons. The maximum absolute atomic E-state index is 14.4. The van der Waals surface area contributed by atoms with Crippen LogP contribution in [0.4, 0.5) is 4.39 Å². The molecule has 0 aliphatic carbocycles. The zero-order valence-electron chi connectivity index (χ0n) is 12.0. The molecule has 2 heterocycles. The Labute approximate surface area is 130 Å². The molecule has 1 unspecified atom stereocenters. The second-order valence-electron chi connectivity index (χ2n) is 5.54. The van der Waals surface area contributed by atoms with Gasteiger partial charge in [-0.05, 0) is 18.1 Å². The van der Waals surface area contributed by atoms with E-state index >= 15 is 0 Å². The zero-order chi connectivity index (χ0) is 16.7. The SMILES string of the molecule is O=C(O)Cc1ccc2c(c1F)CN(C1CCC(=O)NC1=O)C2=O. The molecular formula is C15H13FN2O5. The van der Waals surface area contributed by atoms with Gasteiger partial charge in [-0.2, -0.15) is 0 Å². The molecule has 2 N–H and O–H groups in total. The molecule has 1 atom stereocenters. The van der Waals surface area contributed by atoms with E-state index in [4.69, 9.17) is 5.11 Å². The fraction of sp³-hybridized carbons (Fsp3) is 0.333. The molecule has 3 rings (SSSR count). The summed E-state index contributed by atoms with van der Waals surface area (Å²) in [5.41, 5.74) is 0.217. The molecule has 0 radical (unpaired) electrons. The lowest BCUT2D eigenvalue weighted by molar-refractivity contribution is -0.137. The van der Waals surface area contributed by atoms with Crippen molar-refractivity contribution < 1.29 is 28.7 Å². The van der Waals surface area contributed by atoms with Crippen LogP contribution in [-0.4, -0.2) is 39.7 Å². The number of imide groups is 1.